The number of fused-ring (bicyclic) bond motifs is 2. The summed E-state index contributed by atoms with van der Waals surface area (Å²) in [6.07, 6.45) is -0.491. The number of ether oxygens (including phenoxy) is 2. The Balaban J connectivity index is 1.73. The molecule has 0 saturated carbocycles. The van der Waals surface area contributed by atoms with Gasteiger partial charge >= 0.3 is 6.29 Å². The van der Waals surface area contributed by atoms with Crippen LogP contribution in [0.1, 0.15) is 12.1 Å². The highest BCUT2D eigenvalue weighted by Gasteiger charge is 2.27. The van der Waals surface area contributed by atoms with Crippen LogP contribution in [0.25, 0.3) is 11.0 Å². The molecule has 0 spiro atoms. The fraction of sp³-hybridized carbons (Fsp3) is 0.0714. The van der Waals surface area contributed by atoms with Gasteiger partial charge in [0.05, 0.1) is 11.0 Å². The highest BCUT2D eigenvalue weighted by molar-refractivity contribution is 5.74. The number of H-pyrrole nitrogens is 1. The van der Waals surface area contributed by atoms with Crippen LogP contribution >= 0.6 is 0 Å². The zero-order valence-corrected chi connectivity index (χ0v) is 9.46. The second-order valence-corrected chi connectivity index (χ2v) is 4.15. The van der Waals surface area contributed by atoms with Crippen molar-refractivity contribution in [3.63, 3.8) is 0 Å². The van der Waals surface area contributed by atoms with Crippen molar-refractivity contribution in [2.75, 3.05) is 0 Å². The Morgan fingerprint density at radius 2 is 1.56 bits per heavy atom. The van der Waals surface area contributed by atoms with Crippen LogP contribution < -0.4 is 9.47 Å². The lowest BCUT2D eigenvalue weighted by molar-refractivity contribution is 0.0415. The number of hydrogen-bond donors (Lipinski definition) is 1. The minimum absolute atomic E-state index is 0.491. The number of benzene rings is 2. The molecule has 1 N–H and O–H groups in total. The minimum atomic E-state index is -0.491. The van der Waals surface area contributed by atoms with Crippen molar-refractivity contribution < 1.29 is 9.47 Å². The number of nitrogens with zero attached hydrogens (tertiary/aromatic N) is 1. The van der Waals surface area contributed by atoms with Crippen LogP contribution in [0.15, 0.2) is 48.5 Å². The maximum absolute atomic E-state index is 5.71. The number of nitrogens with one attached hydrogen (secondary N) is 1. The maximum atomic E-state index is 5.71. The summed E-state index contributed by atoms with van der Waals surface area (Å²) in [6, 6.07) is 15.5. The van der Waals surface area contributed by atoms with Crippen molar-refractivity contribution in [3.05, 3.63) is 54.4 Å². The van der Waals surface area contributed by atoms with Crippen LogP contribution in [0.5, 0.6) is 11.5 Å². The highest BCUT2D eigenvalue weighted by Crippen LogP contribution is 2.39. The molecule has 0 unspecified atom stereocenters. The molecule has 0 saturated heterocycles. The molecule has 1 aliphatic heterocycles. The van der Waals surface area contributed by atoms with Gasteiger partial charge in [0.1, 0.15) is 0 Å². The predicted octanol–water partition coefficient (Wildman–Crippen LogP) is 3.03. The SMILES string of the molecule is c1ccc2c(c1)OC(c1nc3ccccc3[nH]1)O2. The van der Waals surface area contributed by atoms with E-state index < -0.39 is 6.29 Å². The summed E-state index contributed by atoms with van der Waals surface area (Å²) in [5.41, 5.74) is 1.89. The Kier molecular flexibility index (Phi) is 1.85. The maximum Gasteiger partial charge on any atom is 0.300 e. The normalized spacial score (nSPS) is 14.2. The third kappa shape index (κ3) is 1.35. The van der Waals surface area contributed by atoms with Crippen LogP contribution in [-0.2, 0) is 0 Å². The summed E-state index contributed by atoms with van der Waals surface area (Å²) < 4.78 is 11.4. The Labute approximate surface area is 103 Å². The lowest BCUT2D eigenvalue weighted by Crippen LogP contribution is -2.09. The van der Waals surface area contributed by atoms with Crippen LogP contribution in [0, 0.1) is 0 Å². The van der Waals surface area contributed by atoms with E-state index in [1.165, 1.54) is 0 Å². The summed E-state index contributed by atoms with van der Waals surface area (Å²) >= 11 is 0. The van der Waals surface area contributed by atoms with E-state index in [2.05, 4.69) is 9.97 Å². The van der Waals surface area contributed by atoms with Crippen molar-refractivity contribution >= 4 is 11.0 Å². The number of hydrogen-bond acceptors (Lipinski definition) is 3. The van der Waals surface area contributed by atoms with E-state index in [1.807, 2.05) is 48.5 Å². The van der Waals surface area contributed by atoms with E-state index in [0.717, 1.165) is 22.5 Å². The molecule has 2 heterocycles. The third-order valence-electron chi connectivity index (χ3n) is 2.95. The zero-order valence-electron chi connectivity index (χ0n) is 9.46. The first kappa shape index (κ1) is 9.53. The number of aromatic nitrogens is 2. The lowest BCUT2D eigenvalue weighted by Gasteiger charge is -2.05. The molecule has 1 aromatic heterocycles. The standard InChI is InChI=1S/C14H10N2O2/c1-2-6-10-9(5-1)15-13(16-10)14-17-11-7-3-4-8-12(11)18-14/h1-8,14H,(H,15,16). The Morgan fingerprint density at radius 3 is 2.28 bits per heavy atom. The highest BCUT2D eigenvalue weighted by atomic mass is 16.7. The van der Waals surface area contributed by atoms with Gasteiger partial charge in [0, 0.05) is 0 Å². The van der Waals surface area contributed by atoms with E-state index in [9.17, 15) is 0 Å². The number of para-hydroxylation sites is 4. The van der Waals surface area contributed by atoms with E-state index in [-0.39, 0.29) is 0 Å². The molecule has 0 bridgehead atoms. The predicted molar refractivity (Wildman–Crippen MR) is 66.5 cm³/mol. The molecular formula is C14H10N2O2. The van der Waals surface area contributed by atoms with Crippen LogP contribution in [0.3, 0.4) is 0 Å². The van der Waals surface area contributed by atoms with Gasteiger partial charge in [0.2, 0.25) is 0 Å². The lowest BCUT2D eigenvalue weighted by atomic mass is 10.3. The molecule has 3 aromatic rings. The average molecular weight is 238 g/mol. The summed E-state index contributed by atoms with van der Waals surface area (Å²) in [7, 11) is 0. The van der Waals surface area contributed by atoms with Gasteiger partial charge in [0.15, 0.2) is 17.3 Å². The van der Waals surface area contributed by atoms with Gasteiger partial charge < -0.3 is 14.5 Å². The van der Waals surface area contributed by atoms with Crippen LogP contribution in [-0.4, -0.2) is 9.97 Å². The van der Waals surface area contributed by atoms with Gasteiger partial charge in [-0.1, -0.05) is 24.3 Å². The molecule has 0 radical (unpaired) electrons. The third-order valence-corrected chi connectivity index (χ3v) is 2.95. The first-order valence-corrected chi connectivity index (χ1v) is 5.77. The van der Waals surface area contributed by atoms with E-state index >= 15 is 0 Å². The first-order valence-electron chi connectivity index (χ1n) is 5.77. The summed E-state index contributed by atoms with van der Waals surface area (Å²) in [5.74, 6) is 2.19. The van der Waals surface area contributed by atoms with Crippen molar-refractivity contribution in [3.8, 4) is 11.5 Å². The molecule has 18 heavy (non-hydrogen) atoms. The second kappa shape index (κ2) is 3.50. The fourth-order valence-corrected chi connectivity index (χ4v) is 2.10. The van der Waals surface area contributed by atoms with Gasteiger partial charge in [-0.2, -0.15) is 0 Å². The second-order valence-electron chi connectivity index (χ2n) is 4.15. The van der Waals surface area contributed by atoms with Gasteiger partial charge in [0.25, 0.3) is 0 Å². The van der Waals surface area contributed by atoms with Crippen molar-refractivity contribution in [1.29, 1.82) is 0 Å². The molecule has 4 nitrogen and oxygen atoms in total. The van der Waals surface area contributed by atoms with Gasteiger partial charge in [-0.3, -0.25) is 0 Å². The molecular weight excluding hydrogens is 228 g/mol. The van der Waals surface area contributed by atoms with Crippen LogP contribution in [0.2, 0.25) is 0 Å². The molecule has 2 aromatic carbocycles. The van der Waals surface area contributed by atoms with Gasteiger partial charge in [-0.25, -0.2) is 4.98 Å². The summed E-state index contributed by atoms with van der Waals surface area (Å²) in [6.45, 7) is 0. The van der Waals surface area contributed by atoms with Crippen LogP contribution in [0.4, 0.5) is 0 Å². The minimum Gasteiger partial charge on any atom is -0.444 e. The summed E-state index contributed by atoms with van der Waals surface area (Å²) in [4.78, 5) is 7.68. The fourth-order valence-electron chi connectivity index (χ4n) is 2.10. The van der Waals surface area contributed by atoms with Crippen molar-refractivity contribution in [1.82, 2.24) is 9.97 Å². The Bertz CT molecular complexity index is 662. The van der Waals surface area contributed by atoms with Gasteiger partial charge in [-0.15, -0.1) is 0 Å². The monoisotopic (exact) mass is 238 g/mol. The number of aromatic amines is 1. The number of rotatable bonds is 1. The summed E-state index contributed by atoms with van der Waals surface area (Å²) in [5, 5.41) is 0. The van der Waals surface area contributed by atoms with E-state index in [4.69, 9.17) is 9.47 Å². The molecule has 1 aliphatic rings. The smallest absolute Gasteiger partial charge is 0.300 e. The molecule has 0 amide bonds. The topological polar surface area (TPSA) is 47.1 Å². The molecule has 0 aliphatic carbocycles. The average Bonchev–Trinajstić information content (AvgIpc) is 3.02. The van der Waals surface area contributed by atoms with Crippen molar-refractivity contribution in [2.45, 2.75) is 6.29 Å². The zero-order chi connectivity index (χ0) is 11.9. The molecule has 0 fully saturated rings. The van der Waals surface area contributed by atoms with Gasteiger partial charge in [-0.05, 0) is 24.3 Å². The molecule has 88 valence electrons. The van der Waals surface area contributed by atoms with E-state index in [0.29, 0.717) is 5.82 Å². The largest absolute Gasteiger partial charge is 0.444 e. The Morgan fingerprint density at radius 1 is 0.889 bits per heavy atom. The molecule has 4 heteroatoms. The molecule has 4 rings (SSSR count). The Hall–Kier alpha value is -2.49. The first-order chi connectivity index (χ1) is 8.90. The quantitative estimate of drug-likeness (QED) is 0.708. The van der Waals surface area contributed by atoms with E-state index in [1.54, 1.807) is 0 Å². The number of imidazole rings is 1. The van der Waals surface area contributed by atoms with Crippen molar-refractivity contribution in [2.24, 2.45) is 0 Å². The molecule has 0 atom stereocenters.